The fraction of sp³-hybridized carbons (Fsp3) is 0.464. The van der Waals surface area contributed by atoms with Gasteiger partial charge in [-0.15, -0.1) is 0 Å². The summed E-state index contributed by atoms with van der Waals surface area (Å²) in [6.45, 7) is 16.2. The van der Waals surface area contributed by atoms with Crippen LogP contribution in [-0.2, 0) is 26.2 Å². The molecule has 2 aliphatic carbocycles. The Morgan fingerprint density at radius 1 is 0.529 bits per heavy atom. The number of hydrogen-bond acceptors (Lipinski definition) is 10. The monoisotopic (exact) mass is 1040 g/mol. The van der Waals surface area contributed by atoms with Gasteiger partial charge in [0, 0.05) is 145 Å². The molecule has 0 radical (unpaired) electrons. The Kier molecular flexibility index (Phi) is 14.2. The number of nitrogens with zero attached hydrogens (tertiary/aromatic N) is 8. The standard InChI is InChI=1S/C29H35BrN4O.C27H31BrN4O/c1-21-4-8-26(9-5-21)34-19-23-17-22(27-3-2-12-31-28(27)29(23)35-20-34)18-32-13-15-33(16-14-32)25-10-6-24(30)7-11-25;28-22-7-9-24(10-8-22)31-14-12-30(13-15-31)17-20-16-21-18-32(23-4-1-2-5-23)19-33-27(21)26-25(20)6-3-11-29-26/h2-3,6-7,10-12,17,21,26H,4-5,8-9,13-16,18-20H2,1H3;3,6-11,16,23H,1-2,4-5,12-15,17-19H2. The van der Waals surface area contributed by atoms with Crippen molar-refractivity contribution in [3.05, 3.63) is 129 Å². The molecule has 0 atom stereocenters. The third-order valence-corrected chi connectivity index (χ3v) is 16.8. The summed E-state index contributed by atoms with van der Waals surface area (Å²) in [5.74, 6) is 2.88. The molecule has 4 fully saturated rings. The van der Waals surface area contributed by atoms with E-state index in [4.69, 9.17) is 19.4 Å². The topological polar surface area (TPSA) is 63.7 Å². The Morgan fingerprint density at radius 3 is 1.40 bits per heavy atom. The van der Waals surface area contributed by atoms with Gasteiger partial charge >= 0.3 is 0 Å². The zero-order valence-electron chi connectivity index (χ0n) is 39.7. The molecule has 0 amide bonds. The molecule has 4 aliphatic heterocycles. The lowest BCUT2D eigenvalue weighted by Gasteiger charge is -2.39. The van der Waals surface area contributed by atoms with E-state index in [1.807, 2.05) is 12.4 Å². The molecule has 2 aromatic heterocycles. The zero-order chi connectivity index (χ0) is 46.0. The van der Waals surface area contributed by atoms with E-state index in [1.165, 1.54) is 95.8 Å². The smallest absolute Gasteiger partial charge is 0.152 e. The van der Waals surface area contributed by atoms with E-state index < -0.39 is 0 Å². The Balaban J connectivity index is 0.000000149. The molecule has 6 heterocycles. The van der Waals surface area contributed by atoms with Crippen molar-refractivity contribution in [3.63, 3.8) is 0 Å². The molecule has 6 aromatic rings. The van der Waals surface area contributed by atoms with Crippen LogP contribution in [0.2, 0.25) is 0 Å². The van der Waals surface area contributed by atoms with Gasteiger partial charge in [-0.1, -0.05) is 63.8 Å². The molecule has 68 heavy (non-hydrogen) atoms. The van der Waals surface area contributed by atoms with Crippen molar-refractivity contribution >= 4 is 65.0 Å². The number of fused-ring (bicyclic) bond motifs is 6. The largest absolute Gasteiger partial charge is 0.475 e. The first-order valence-electron chi connectivity index (χ1n) is 25.4. The summed E-state index contributed by atoms with van der Waals surface area (Å²) in [6.07, 6.45) is 14.4. The van der Waals surface area contributed by atoms with Gasteiger partial charge in [0.25, 0.3) is 0 Å². The number of pyridine rings is 2. The first-order valence-corrected chi connectivity index (χ1v) is 27.0. The number of rotatable bonds is 8. The third-order valence-electron chi connectivity index (χ3n) is 15.8. The van der Waals surface area contributed by atoms with Gasteiger partial charge in [-0.05, 0) is 128 Å². The van der Waals surface area contributed by atoms with Gasteiger partial charge in [0.05, 0.1) is 0 Å². The van der Waals surface area contributed by atoms with Gasteiger partial charge in [0.1, 0.15) is 24.5 Å². The fourth-order valence-electron chi connectivity index (χ4n) is 11.8. The van der Waals surface area contributed by atoms with E-state index in [9.17, 15) is 0 Å². The molecule has 2 saturated heterocycles. The van der Waals surface area contributed by atoms with Crippen molar-refractivity contribution in [2.45, 2.75) is 96.6 Å². The molecule has 0 N–H and O–H groups in total. The highest BCUT2D eigenvalue weighted by atomic mass is 79.9. The van der Waals surface area contributed by atoms with E-state index in [0.717, 1.165) is 116 Å². The average Bonchev–Trinajstić information content (AvgIpc) is 3.93. The summed E-state index contributed by atoms with van der Waals surface area (Å²) in [7, 11) is 0. The minimum absolute atomic E-state index is 0.647. The number of halogens is 2. The van der Waals surface area contributed by atoms with Gasteiger partial charge in [-0.3, -0.25) is 29.6 Å². The average molecular weight is 1040 g/mol. The molecule has 6 aliphatic rings. The van der Waals surface area contributed by atoms with E-state index in [0.29, 0.717) is 25.5 Å². The van der Waals surface area contributed by atoms with Crippen LogP contribution in [-0.4, -0.2) is 107 Å². The second kappa shape index (κ2) is 21.0. The molecule has 10 nitrogen and oxygen atoms in total. The number of benzene rings is 4. The lowest BCUT2D eigenvalue weighted by molar-refractivity contribution is 0.0355. The van der Waals surface area contributed by atoms with Crippen LogP contribution in [0.5, 0.6) is 11.5 Å². The highest BCUT2D eigenvalue weighted by Gasteiger charge is 2.32. The second-order valence-electron chi connectivity index (χ2n) is 20.2. The van der Waals surface area contributed by atoms with E-state index in [1.54, 1.807) is 0 Å². The molecule has 12 rings (SSSR count). The van der Waals surface area contributed by atoms with Crippen LogP contribution in [0.15, 0.2) is 106 Å². The maximum absolute atomic E-state index is 6.39. The number of anilines is 2. The van der Waals surface area contributed by atoms with Crippen LogP contribution in [0.1, 0.15) is 80.5 Å². The summed E-state index contributed by atoms with van der Waals surface area (Å²) in [5.41, 5.74) is 10.1. The summed E-state index contributed by atoms with van der Waals surface area (Å²) in [6, 6.07) is 32.0. The quantitative estimate of drug-likeness (QED) is 0.147. The second-order valence-corrected chi connectivity index (χ2v) is 22.1. The molecule has 0 spiro atoms. The highest BCUT2D eigenvalue weighted by molar-refractivity contribution is 9.10. The molecule has 12 heteroatoms. The van der Waals surface area contributed by atoms with E-state index in [2.05, 4.69) is 153 Å². The lowest BCUT2D eigenvalue weighted by Crippen LogP contribution is -2.46. The first kappa shape index (κ1) is 46.1. The minimum Gasteiger partial charge on any atom is -0.475 e. The van der Waals surface area contributed by atoms with Gasteiger partial charge in [-0.2, -0.15) is 0 Å². The Bertz CT molecular complexity index is 2660. The maximum atomic E-state index is 6.39. The summed E-state index contributed by atoms with van der Waals surface area (Å²) < 4.78 is 15.0. The Labute approximate surface area is 419 Å². The maximum Gasteiger partial charge on any atom is 0.152 e. The highest BCUT2D eigenvalue weighted by Crippen LogP contribution is 2.40. The number of ether oxygens (including phenoxy) is 2. The summed E-state index contributed by atoms with van der Waals surface area (Å²) in [5, 5.41) is 2.47. The van der Waals surface area contributed by atoms with Crippen LogP contribution in [0, 0.1) is 5.92 Å². The fourth-order valence-corrected chi connectivity index (χ4v) is 12.3. The van der Waals surface area contributed by atoms with Crippen molar-refractivity contribution in [3.8, 4) is 11.5 Å². The van der Waals surface area contributed by atoms with Crippen molar-refractivity contribution < 1.29 is 9.47 Å². The lowest BCUT2D eigenvalue weighted by atomic mass is 9.86. The Morgan fingerprint density at radius 2 is 0.956 bits per heavy atom. The predicted molar refractivity (Wildman–Crippen MR) is 283 cm³/mol. The first-order chi connectivity index (χ1) is 33.4. The number of piperazine rings is 2. The van der Waals surface area contributed by atoms with Crippen LogP contribution in [0.25, 0.3) is 21.8 Å². The predicted octanol–water partition coefficient (Wildman–Crippen LogP) is 11.5. The SMILES string of the molecule is Brc1ccc(N2CCN(Cc3cc4c(c5ncccc35)OCN(C3CCCC3)C4)CC2)cc1.CC1CCC(N2COc3c(cc(CN4CCN(c5ccc(Br)cc5)CC4)c4cccnc34)C2)CC1. The van der Waals surface area contributed by atoms with Crippen LogP contribution < -0.4 is 19.3 Å². The molecular weight excluding hydrogens is 976 g/mol. The molecular formula is C56H66Br2N8O2. The molecule has 0 unspecified atom stereocenters. The van der Waals surface area contributed by atoms with Crippen LogP contribution in [0.3, 0.4) is 0 Å². The molecule has 2 saturated carbocycles. The third kappa shape index (κ3) is 10.3. The van der Waals surface area contributed by atoms with E-state index >= 15 is 0 Å². The molecule has 4 aromatic carbocycles. The van der Waals surface area contributed by atoms with Crippen LogP contribution >= 0.6 is 31.9 Å². The zero-order valence-corrected chi connectivity index (χ0v) is 42.8. The van der Waals surface area contributed by atoms with Gasteiger partial charge < -0.3 is 19.3 Å². The molecule has 0 bridgehead atoms. The Hall–Kier alpha value is -4.30. The molecule has 356 valence electrons. The van der Waals surface area contributed by atoms with Crippen molar-refractivity contribution in [2.24, 2.45) is 5.92 Å². The van der Waals surface area contributed by atoms with Gasteiger partial charge in [0.15, 0.2) is 11.5 Å². The summed E-state index contributed by atoms with van der Waals surface area (Å²) in [4.78, 5) is 24.8. The van der Waals surface area contributed by atoms with Crippen molar-refractivity contribution in [1.29, 1.82) is 0 Å². The van der Waals surface area contributed by atoms with Gasteiger partial charge in [0.2, 0.25) is 0 Å². The summed E-state index contributed by atoms with van der Waals surface area (Å²) >= 11 is 7.09. The van der Waals surface area contributed by atoms with Crippen molar-refractivity contribution in [2.75, 3.05) is 75.6 Å². The number of hydrogen-bond donors (Lipinski definition) is 0. The van der Waals surface area contributed by atoms with E-state index in [-0.39, 0.29) is 0 Å². The normalized spacial score (nSPS) is 22.0. The minimum atomic E-state index is 0.647. The van der Waals surface area contributed by atoms with Crippen LogP contribution in [0.4, 0.5) is 11.4 Å². The van der Waals surface area contributed by atoms with Crippen molar-refractivity contribution in [1.82, 2.24) is 29.6 Å². The van der Waals surface area contributed by atoms with Gasteiger partial charge in [-0.25, -0.2) is 0 Å². The number of aromatic nitrogens is 2.